The summed E-state index contributed by atoms with van der Waals surface area (Å²) < 4.78 is 5.56. The molecule has 0 aliphatic carbocycles. The number of benzene rings is 3. The third-order valence-electron chi connectivity index (χ3n) is 4.44. The van der Waals surface area contributed by atoms with Crippen molar-refractivity contribution in [1.82, 2.24) is 0 Å². The van der Waals surface area contributed by atoms with Crippen molar-refractivity contribution in [3.05, 3.63) is 100 Å². The van der Waals surface area contributed by atoms with Gasteiger partial charge in [-0.15, -0.1) is 0 Å². The molecule has 0 aliphatic heterocycles. The van der Waals surface area contributed by atoms with Gasteiger partial charge in [-0.05, 0) is 60.2 Å². The van der Waals surface area contributed by atoms with E-state index in [-0.39, 0.29) is 17.6 Å². The van der Waals surface area contributed by atoms with Gasteiger partial charge in [-0.3, -0.25) is 9.59 Å². The van der Waals surface area contributed by atoms with E-state index in [2.05, 4.69) is 10.6 Å². The number of halogens is 2. The molecular weight excluding hydrogens is 435 g/mol. The average molecular weight is 451 g/mol. The summed E-state index contributed by atoms with van der Waals surface area (Å²) in [4.78, 5) is 24.6. The Kier molecular flexibility index (Phi) is 6.07. The van der Waals surface area contributed by atoms with Gasteiger partial charge in [-0.2, -0.15) is 0 Å². The van der Waals surface area contributed by atoms with E-state index in [1.54, 1.807) is 60.7 Å². The molecule has 4 aromatic rings. The fourth-order valence-electron chi connectivity index (χ4n) is 2.91. The Labute approximate surface area is 188 Å². The van der Waals surface area contributed by atoms with Gasteiger partial charge in [0.25, 0.3) is 5.91 Å². The zero-order chi connectivity index (χ0) is 21.8. The van der Waals surface area contributed by atoms with Gasteiger partial charge in [0.05, 0.1) is 0 Å². The molecule has 0 spiro atoms. The second-order valence-corrected chi connectivity index (χ2v) is 7.51. The Morgan fingerprint density at radius 1 is 0.839 bits per heavy atom. The van der Waals surface area contributed by atoms with Crippen LogP contribution in [0.4, 0.5) is 11.4 Å². The molecule has 5 nitrogen and oxygen atoms in total. The van der Waals surface area contributed by atoms with Gasteiger partial charge in [0, 0.05) is 32.9 Å². The summed E-state index contributed by atoms with van der Waals surface area (Å²) in [5.41, 5.74) is 2.49. The summed E-state index contributed by atoms with van der Waals surface area (Å²) in [7, 11) is 0. The SMILES string of the molecule is O=C(/C=C/c1ccc(Cl)cc1Cl)Nc1ccc(NC(=O)c2cc3ccccc3o2)cc1. The van der Waals surface area contributed by atoms with Crippen molar-refractivity contribution in [2.24, 2.45) is 0 Å². The number of anilines is 2. The van der Waals surface area contributed by atoms with E-state index in [9.17, 15) is 9.59 Å². The Balaban J connectivity index is 1.36. The lowest BCUT2D eigenvalue weighted by Gasteiger charge is -2.06. The second-order valence-electron chi connectivity index (χ2n) is 6.67. The molecule has 31 heavy (non-hydrogen) atoms. The van der Waals surface area contributed by atoms with Gasteiger partial charge in [0.1, 0.15) is 5.58 Å². The Hall–Kier alpha value is -3.54. The van der Waals surface area contributed by atoms with E-state index in [0.717, 1.165) is 5.39 Å². The minimum atomic E-state index is -0.351. The minimum absolute atomic E-state index is 0.226. The average Bonchev–Trinajstić information content (AvgIpc) is 3.19. The van der Waals surface area contributed by atoms with E-state index in [1.165, 1.54) is 6.08 Å². The molecule has 2 amide bonds. The number of fused-ring (bicyclic) bond motifs is 1. The van der Waals surface area contributed by atoms with E-state index in [4.69, 9.17) is 27.6 Å². The second kappa shape index (κ2) is 9.08. The first-order valence-electron chi connectivity index (χ1n) is 9.32. The highest BCUT2D eigenvalue weighted by Crippen LogP contribution is 2.23. The molecule has 3 aromatic carbocycles. The highest BCUT2D eigenvalue weighted by molar-refractivity contribution is 6.35. The monoisotopic (exact) mass is 450 g/mol. The van der Waals surface area contributed by atoms with Crippen molar-refractivity contribution in [2.75, 3.05) is 10.6 Å². The first-order valence-corrected chi connectivity index (χ1v) is 10.1. The Bertz CT molecular complexity index is 1260. The lowest BCUT2D eigenvalue weighted by atomic mass is 10.2. The van der Waals surface area contributed by atoms with E-state index >= 15 is 0 Å². The Morgan fingerprint density at radius 3 is 2.26 bits per heavy atom. The molecule has 1 aromatic heterocycles. The summed E-state index contributed by atoms with van der Waals surface area (Å²) in [6.07, 6.45) is 2.99. The lowest BCUT2D eigenvalue weighted by Crippen LogP contribution is -2.11. The quantitative estimate of drug-likeness (QED) is 0.334. The smallest absolute Gasteiger partial charge is 0.291 e. The number of hydrogen-bond acceptors (Lipinski definition) is 3. The van der Waals surface area contributed by atoms with E-state index < -0.39 is 0 Å². The van der Waals surface area contributed by atoms with Crippen LogP contribution in [0.5, 0.6) is 0 Å². The first-order chi connectivity index (χ1) is 15.0. The number of carbonyl (C=O) groups is 2. The summed E-state index contributed by atoms with van der Waals surface area (Å²) in [5.74, 6) is -0.439. The first kappa shape index (κ1) is 20.7. The summed E-state index contributed by atoms with van der Waals surface area (Å²) >= 11 is 12.0. The topological polar surface area (TPSA) is 71.3 Å². The number of nitrogens with one attached hydrogen (secondary N) is 2. The van der Waals surface area contributed by atoms with Crippen LogP contribution in [0, 0.1) is 0 Å². The van der Waals surface area contributed by atoms with Crippen LogP contribution in [0.15, 0.2) is 83.3 Å². The molecule has 0 fully saturated rings. The molecular formula is C24H16Cl2N2O3. The molecule has 154 valence electrons. The maximum Gasteiger partial charge on any atom is 0.291 e. The molecule has 4 rings (SSSR count). The van der Waals surface area contributed by atoms with Crippen molar-refractivity contribution in [2.45, 2.75) is 0 Å². The van der Waals surface area contributed by atoms with Crippen LogP contribution in [0.3, 0.4) is 0 Å². The van der Waals surface area contributed by atoms with Crippen LogP contribution in [0.2, 0.25) is 10.0 Å². The van der Waals surface area contributed by atoms with Gasteiger partial charge in [-0.1, -0.05) is 47.5 Å². The molecule has 0 aliphatic rings. The number of amides is 2. The number of hydrogen-bond donors (Lipinski definition) is 2. The predicted octanol–water partition coefficient (Wildman–Crippen LogP) is 6.64. The van der Waals surface area contributed by atoms with Crippen LogP contribution in [0.25, 0.3) is 17.0 Å². The van der Waals surface area contributed by atoms with Gasteiger partial charge in [-0.25, -0.2) is 0 Å². The minimum Gasteiger partial charge on any atom is -0.451 e. The number of furan rings is 1. The van der Waals surface area contributed by atoms with Gasteiger partial charge < -0.3 is 15.1 Å². The molecule has 0 saturated heterocycles. The largest absolute Gasteiger partial charge is 0.451 e. The fraction of sp³-hybridized carbons (Fsp3) is 0. The van der Waals surface area contributed by atoms with Crippen molar-refractivity contribution in [3.63, 3.8) is 0 Å². The number of para-hydroxylation sites is 1. The summed E-state index contributed by atoms with van der Waals surface area (Å²) in [6.45, 7) is 0. The van der Waals surface area contributed by atoms with Crippen molar-refractivity contribution < 1.29 is 14.0 Å². The number of rotatable bonds is 5. The molecule has 2 N–H and O–H groups in total. The Morgan fingerprint density at radius 2 is 1.55 bits per heavy atom. The van der Waals surface area contributed by atoms with Crippen LogP contribution >= 0.6 is 23.2 Å². The van der Waals surface area contributed by atoms with Crippen LogP contribution < -0.4 is 10.6 Å². The van der Waals surface area contributed by atoms with Gasteiger partial charge in [0.2, 0.25) is 5.91 Å². The van der Waals surface area contributed by atoms with Crippen LogP contribution in [-0.2, 0) is 4.79 Å². The third kappa shape index (κ3) is 5.15. The molecule has 1 heterocycles. The molecule has 0 bridgehead atoms. The van der Waals surface area contributed by atoms with Crippen LogP contribution in [0.1, 0.15) is 16.1 Å². The van der Waals surface area contributed by atoms with Crippen molar-refractivity contribution >= 4 is 63.4 Å². The standard InChI is InChI=1S/C24H16Cl2N2O3/c25-17-7-5-15(20(26)14-17)6-12-23(29)27-18-8-10-19(11-9-18)28-24(30)22-13-16-3-1-2-4-21(16)31-22/h1-14H,(H,27,29)(H,28,30)/b12-6+. The zero-order valence-electron chi connectivity index (χ0n) is 16.1. The maximum absolute atomic E-state index is 12.4. The van der Waals surface area contributed by atoms with Gasteiger partial charge in [0.15, 0.2) is 5.76 Å². The summed E-state index contributed by atoms with van der Waals surface area (Å²) in [6, 6.07) is 20.9. The summed E-state index contributed by atoms with van der Waals surface area (Å²) in [5, 5.41) is 7.37. The van der Waals surface area contributed by atoms with Crippen LogP contribution in [-0.4, -0.2) is 11.8 Å². The maximum atomic E-state index is 12.4. The predicted molar refractivity (Wildman–Crippen MR) is 125 cm³/mol. The molecule has 0 radical (unpaired) electrons. The molecule has 0 atom stereocenters. The zero-order valence-corrected chi connectivity index (χ0v) is 17.6. The third-order valence-corrected chi connectivity index (χ3v) is 5.00. The van der Waals surface area contributed by atoms with Crippen molar-refractivity contribution in [1.29, 1.82) is 0 Å². The number of carbonyl (C=O) groups excluding carboxylic acids is 2. The van der Waals surface area contributed by atoms with Crippen molar-refractivity contribution in [3.8, 4) is 0 Å². The lowest BCUT2D eigenvalue weighted by molar-refractivity contribution is -0.111. The van der Waals surface area contributed by atoms with E-state index in [1.807, 2.05) is 18.2 Å². The highest BCUT2D eigenvalue weighted by atomic mass is 35.5. The molecule has 0 saturated carbocycles. The van der Waals surface area contributed by atoms with Gasteiger partial charge >= 0.3 is 0 Å². The fourth-order valence-corrected chi connectivity index (χ4v) is 3.38. The normalized spacial score (nSPS) is 11.0. The highest BCUT2D eigenvalue weighted by Gasteiger charge is 2.12. The molecule has 7 heteroatoms. The molecule has 0 unspecified atom stereocenters. The van der Waals surface area contributed by atoms with E-state index in [0.29, 0.717) is 32.6 Å².